The average Bonchev–Trinajstić information content (AvgIpc) is 3.15. The number of hydrogen-bond donors (Lipinski definition) is 1. The smallest absolute Gasteiger partial charge is 0.389 e. The zero-order valence-corrected chi connectivity index (χ0v) is 12.1. The van der Waals surface area contributed by atoms with Crippen LogP contribution in [0.15, 0.2) is 30.5 Å². The second kappa shape index (κ2) is 6.02. The second-order valence-electron chi connectivity index (χ2n) is 4.98. The van der Waals surface area contributed by atoms with Crippen LogP contribution in [0, 0.1) is 10.1 Å². The Kier molecular flexibility index (Phi) is 3.92. The van der Waals surface area contributed by atoms with Crippen molar-refractivity contribution in [1.29, 1.82) is 0 Å². The van der Waals surface area contributed by atoms with Gasteiger partial charge in [-0.2, -0.15) is 4.68 Å². The van der Waals surface area contributed by atoms with Crippen molar-refractivity contribution in [2.24, 2.45) is 0 Å². The van der Waals surface area contributed by atoms with E-state index in [0.717, 1.165) is 17.1 Å². The summed E-state index contributed by atoms with van der Waals surface area (Å²) in [6.45, 7) is 3.51. The number of ether oxygens (including phenoxy) is 2. The van der Waals surface area contributed by atoms with Crippen molar-refractivity contribution in [3.8, 4) is 11.5 Å². The molecule has 0 spiro atoms. The van der Waals surface area contributed by atoms with Gasteiger partial charge in [-0.25, -0.2) is 0 Å². The Morgan fingerprint density at radius 3 is 3.00 bits per heavy atom. The predicted molar refractivity (Wildman–Crippen MR) is 77.9 cm³/mol. The molecule has 1 aromatic carbocycles. The molecule has 2 aromatic rings. The molecule has 8 heteroatoms. The Labute approximate surface area is 126 Å². The van der Waals surface area contributed by atoms with Gasteiger partial charge in [-0.1, -0.05) is 6.07 Å². The highest BCUT2D eigenvalue weighted by Gasteiger charge is 2.16. The summed E-state index contributed by atoms with van der Waals surface area (Å²) >= 11 is 0. The maximum atomic E-state index is 10.6. The number of rotatable bonds is 6. The fraction of sp³-hybridized carbons (Fsp3) is 0.357. The fourth-order valence-corrected chi connectivity index (χ4v) is 2.27. The van der Waals surface area contributed by atoms with Crippen LogP contribution in [0.3, 0.4) is 0 Å². The van der Waals surface area contributed by atoms with Crippen LogP contribution in [-0.2, 0) is 6.54 Å². The van der Waals surface area contributed by atoms with E-state index in [-0.39, 0.29) is 18.7 Å². The molecule has 3 rings (SSSR count). The van der Waals surface area contributed by atoms with E-state index in [2.05, 4.69) is 10.4 Å². The van der Waals surface area contributed by atoms with Crippen LogP contribution >= 0.6 is 0 Å². The molecule has 0 saturated carbocycles. The van der Waals surface area contributed by atoms with Crippen molar-refractivity contribution < 1.29 is 14.4 Å². The molecular weight excluding hydrogens is 288 g/mol. The van der Waals surface area contributed by atoms with Crippen molar-refractivity contribution in [2.45, 2.75) is 19.5 Å². The molecule has 0 fully saturated rings. The first-order chi connectivity index (χ1) is 10.6. The standard InChI is InChI=1S/C14H16N4O4/c1-10(11-2-3-12-13(8-11)22-9-21-12)15-5-7-17-6-4-14(16-17)18(19)20/h2-4,6,8,10,15H,5,7,9H2,1H3/t10-/m1/s1. The Morgan fingerprint density at radius 1 is 1.41 bits per heavy atom. The van der Waals surface area contributed by atoms with Crippen molar-refractivity contribution in [1.82, 2.24) is 15.1 Å². The van der Waals surface area contributed by atoms with Gasteiger partial charge in [-0.05, 0) is 29.5 Å². The normalized spacial score (nSPS) is 14.0. The number of fused-ring (bicyclic) bond motifs is 1. The molecule has 1 aliphatic rings. The lowest BCUT2D eigenvalue weighted by Gasteiger charge is -2.14. The topological polar surface area (TPSA) is 91.5 Å². The first-order valence-corrected chi connectivity index (χ1v) is 6.94. The maximum Gasteiger partial charge on any atom is 0.389 e. The van der Waals surface area contributed by atoms with Gasteiger partial charge in [-0.3, -0.25) is 0 Å². The number of aromatic nitrogens is 2. The minimum absolute atomic E-state index is 0.125. The zero-order chi connectivity index (χ0) is 15.5. The van der Waals surface area contributed by atoms with Gasteiger partial charge in [0.15, 0.2) is 11.5 Å². The minimum Gasteiger partial charge on any atom is -0.454 e. The number of nitrogens with one attached hydrogen (secondary N) is 1. The fourth-order valence-electron chi connectivity index (χ4n) is 2.27. The highest BCUT2D eigenvalue weighted by atomic mass is 16.7. The second-order valence-corrected chi connectivity index (χ2v) is 4.98. The highest BCUT2D eigenvalue weighted by molar-refractivity contribution is 5.45. The van der Waals surface area contributed by atoms with Gasteiger partial charge >= 0.3 is 5.82 Å². The molecule has 22 heavy (non-hydrogen) atoms. The lowest BCUT2D eigenvalue weighted by molar-refractivity contribution is -0.389. The molecular formula is C14H16N4O4. The molecule has 2 heterocycles. The molecule has 0 unspecified atom stereocenters. The molecule has 0 amide bonds. The maximum absolute atomic E-state index is 10.6. The Balaban J connectivity index is 1.53. The summed E-state index contributed by atoms with van der Waals surface area (Å²) in [4.78, 5) is 10.1. The Hall–Kier alpha value is -2.61. The van der Waals surface area contributed by atoms with Gasteiger partial charge in [0.05, 0.1) is 23.9 Å². The van der Waals surface area contributed by atoms with Gasteiger partial charge in [-0.15, -0.1) is 0 Å². The van der Waals surface area contributed by atoms with Crippen molar-refractivity contribution in [2.75, 3.05) is 13.3 Å². The highest BCUT2D eigenvalue weighted by Crippen LogP contribution is 2.34. The van der Waals surface area contributed by atoms with Gasteiger partial charge < -0.3 is 24.9 Å². The summed E-state index contributed by atoms with van der Waals surface area (Å²) in [5.74, 6) is 1.39. The van der Waals surface area contributed by atoms with Crippen LogP contribution in [0.5, 0.6) is 11.5 Å². The number of benzene rings is 1. The number of hydrogen-bond acceptors (Lipinski definition) is 6. The molecule has 1 aliphatic heterocycles. The molecule has 8 nitrogen and oxygen atoms in total. The van der Waals surface area contributed by atoms with Crippen molar-refractivity contribution in [3.63, 3.8) is 0 Å². The van der Waals surface area contributed by atoms with E-state index in [0.29, 0.717) is 13.1 Å². The molecule has 0 radical (unpaired) electrons. The quantitative estimate of drug-likeness (QED) is 0.647. The van der Waals surface area contributed by atoms with Gasteiger partial charge in [0.25, 0.3) is 0 Å². The number of nitrogens with zero attached hydrogens (tertiary/aromatic N) is 3. The van der Waals surface area contributed by atoms with E-state index in [1.54, 1.807) is 10.9 Å². The van der Waals surface area contributed by atoms with Crippen LogP contribution in [-0.4, -0.2) is 28.0 Å². The van der Waals surface area contributed by atoms with E-state index in [1.165, 1.54) is 6.07 Å². The predicted octanol–water partition coefficient (Wildman–Crippen LogP) is 1.87. The van der Waals surface area contributed by atoms with Gasteiger partial charge in [0, 0.05) is 12.6 Å². The summed E-state index contributed by atoms with van der Waals surface area (Å²) in [6, 6.07) is 7.36. The summed E-state index contributed by atoms with van der Waals surface area (Å²) in [6.07, 6.45) is 1.60. The zero-order valence-electron chi connectivity index (χ0n) is 12.1. The Morgan fingerprint density at radius 2 is 2.23 bits per heavy atom. The lowest BCUT2D eigenvalue weighted by atomic mass is 10.1. The van der Waals surface area contributed by atoms with E-state index in [9.17, 15) is 10.1 Å². The van der Waals surface area contributed by atoms with Gasteiger partial charge in [0.2, 0.25) is 6.79 Å². The minimum atomic E-state index is -0.501. The molecule has 116 valence electrons. The van der Waals surface area contributed by atoms with Crippen molar-refractivity contribution in [3.05, 3.63) is 46.1 Å². The molecule has 0 bridgehead atoms. The molecule has 1 N–H and O–H groups in total. The van der Waals surface area contributed by atoms with Crippen molar-refractivity contribution >= 4 is 5.82 Å². The average molecular weight is 304 g/mol. The molecule has 1 atom stereocenters. The molecule has 0 saturated heterocycles. The van der Waals surface area contributed by atoms with Crippen LogP contribution in [0.1, 0.15) is 18.5 Å². The lowest BCUT2D eigenvalue weighted by Crippen LogP contribution is -2.23. The third-order valence-corrected chi connectivity index (χ3v) is 3.50. The van der Waals surface area contributed by atoms with E-state index in [4.69, 9.17) is 9.47 Å². The van der Waals surface area contributed by atoms with Crippen LogP contribution in [0.2, 0.25) is 0 Å². The third-order valence-electron chi connectivity index (χ3n) is 3.50. The monoisotopic (exact) mass is 304 g/mol. The van der Waals surface area contributed by atoms with Crippen LogP contribution in [0.25, 0.3) is 0 Å². The summed E-state index contributed by atoms with van der Waals surface area (Å²) in [5.41, 5.74) is 1.09. The molecule has 1 aromatic heterocycles. The summed E-state index contributed by atoms with van der Waals surface area (Å²) in [7, 11) is 0. The molecule has 0 aliphatic carbocycles. The first kappa shape index (κ1) is 14.3. The van der Waals surface area contributed by atoms with E-state index < -0.39 is 4.92 Å². The van der Waals surface area contributed by atoms with Crippen LogP contribution in [0.4, 0.5) is 5.82 Å². The summed E-state index contributed by atoms with van der Waals surface area (Å²) in [5, 5.41) is 17.8. The third kappa shape index (κ3) is 3.01. The van der Waals surface area contributed by atoms with E-state index in [1.807, 2.05) is 25.1 Å². The van der Waals surface area contributed by atoms with Gasteiger partial charge in [0.1, 0.15) is 0 Å². The largest absolute Gasteiger partial charge is 0.454 e. The number of nitro groups is 1. The van der Waals surface area contributed by atoms with E-state index >= 15 is 0 Å². The first-order valence-electron chi connectivity index (χ1n) is 6.94. The Bertz CT molecular complexity index is 685. The SMILES string of the molecule is C[C@@H](NCCn1ccc([N+](=O)[O-])n1)c1ccc2c(c1)OCO2. The summed E-state index contributed by atoms with van der Waals surface area (Å²) < 4.78 is 12.2. The van der Waals surface area contributed by atoms with Crippen LogP contribution < -0.4 is 14.8 Å².